The highest BCUT2D eigenvalue weighted by Gasteiger charge is 2.55. The van der Waals surface area contributed by atoms with E-state index in [0.29, 0.717) is 5.02 Å². The lowest BCUT2D eigenvalue weighted by Crippen LogP contribution is -2.04. The van der Waals surface area contributed by atoms with E-state index in [1.807, 2.05) is 31.2 Å². The second-order valence-corrected chi connectivity index (χ2v) is 5.04. The van der Waals surface area contributed by atoms with Crippen molar-refractivity contribution in [3.8, 4) is 0 Å². The molecule has 0 amide bonds. The van der Waals surface area contributed by atoms with Crippen LogP contribution in [0.25, 0.3) is 0 Å². The molecule has 0 aliphatic carbocycles. The average molecular weight is 263 g/mol. The summed E-state index contributed by atoms with van der Waals surface area (Å²) in [4.78, 5) is 0. The Balaban J connectivity index is 1.92. The van der Waals surface area contributed by atoms with Crippen molar-refractivity contribution >= 4 is 11.6 Å². The first-order valence-electron chi connectivity index (χ1n) is 5.79. The van der Waals surface area contributed by atoms with E-state index in [2.05, 4.69) is 0 Å². The fourth-order valence-electron chi connectivity index (χ4n) is 2.26. The molecule has 0 aromatic heterocycles. The lowest BCUT2D eigenvalue weighted by Gasteiger charge is -2.07. The molecule has 0 unspecified atom stereocenters. The van der Waals surface area contributed by atoms with Gasteiger partial charge in [-0.25, -0.2) is 4.39 Å². The van der Waals surface area contributed by atoms with Crippen LogP contribution in [0, 0.1) is 5.82 Å². The molecule has 1 saturated heterocycles. The largest absolute Gasteiger partial charge is 0.356 e. The smallest absolute Gasteiger partial charge is 0.123 e. The van der Waals surface area contributed by atoms with Gasteiger partial charge in [0.1, 0.15) is 17.5 Å². The maximum absolute atomic E-state index is 12.9. The van der Waals surface area contributed by atoms with E-state index < -0.39 is 5.60 Å². The Labute approximate surface area is 110 Å². The predicted molar refractivity (Wildman–Crippen MR) is 69.0 cm³/mol. The van der Waals surface area contributed by atoms with E-state index in [1.165, 1.54) is 12.1 Å². The van der Waals surface area contributed by atoms with E-state index >= 15 is 0 Å². The number of epoxide rings is 1. The molecule has 0 saturated carbocycles. The highest BCUT2D eigenvalue weighted by atomic mass is 35.5. The third-order valence-electron chi connectivity index (χ3n) is 3.41. The van der Waals surface area contributed by atoms with Gasteiger partial charge in [-0.2, -0.15) is 0 Å². The maximum atomic E-state index is 12.9. The molecule has 0 N–H and O–H groups in total. The van der Waals surface area contributed by atoms with Gasteiger partial charge in [0, 0.05) is 10.6 Å². The average Bonchev–Trinajstić information content (AvgIpc) is 3.04. The van der Waals surface area contributed by atoms with E-state index in [0.717, 1.165) is 11.1 Å². The van der Waals surface area contributed by atoms with Gasteiger partial charge >= 0.3 is 0 Å². The van der Waals surface area contributed by atoms with Gasteiger partial charge in [0.05, 0.1) is 0 Å². The van der Waals surface area contributed by atoms with E-state index in [1.54, 1.807) is 12.1 Å². The molecule has 1 heterocycles. The number of hydrogen-bond acceptors (Lipinski definition) is 1. The monoisotopic (exact) mass is 262 g/mol. The fourth-order valence-corrected chi connectivity index (χ4v) is 2.49. The van der Waals surface area contributed by atoms with Crippen LogP contribution in [-0.4, -0.2) is 0 Å². The maximum Gasteiger partial charge on any atom is 0.123 e. The number of ether oxygens (including phenoxy) is 1. The third kappa shape index (κ3) is 1.82. The Morgan fingerprint density at radius 1 is 1.11 bits per heavy atom. The molecule has 1 nitrogen and oxygen atoms in total. The van der Waals surface area contributed by atoms with Gasteiger partial charge in [-0.15, -0.1) is 0 Å². The SMILES string of the molecule is C[C@]1(c2ccc(F)cc2)O[C@@H]1c1ccccc1Cl. The molecule has 1 aliphatic rings. The van der Waals surface area contributed by atoms with Crippen LogP contribution in [0.15, 0.2) is 48.5 Å². The highest BCUT2D eigenvalue weighted by molar-refractivity contribution is 6.31. The van der Waals surface area contributed by atoms with Crippen LogP contribution in [0.3, 0.4) is 0 Å². The summed E-state index contributed by atoms with van der Waals surface area (Å²) < 4.78 is 18.7. The number of benzene rings is 2. The van der Waals surface area contributed by atoms with Gasteiger partial charge in [-0.05, 0) is 30.7 Å². The van der Waals surface area contributed by atoms with Crippen LogP contribution in [0.5, 0.6) is 0 Å². The van der Waals surface area contributed by atoms with Crippen molar-refractivity contribution < 1.29 is 9.13 Å². The van der Waals surface area contributed by atoms with Crippen molar-refractivity contribution in [2.45, 2.75) is 18.6 Å². The van der Waals surface area contributed by atoms with Gasteiger partial charge in [0.15, 0.2) is 0 Å². The van der Waals surface area contributed by atoms with Gasteiger partial charge in [-0.1, -0.05) is 41.9 Å². The Morgan fingerprint density at radius 2 is 1.78 bits per heavy atom. The summed E-state index contributed by atoms with van der Waals surface area (Å²) in [6.45, 7) is 1.99. The van der Waals surface area contributed by atoms with E-state index in [9.17, 15) is 4.39 Å². The summed E-state index contributed by atoms with van der Waals surface area (Å²) in [5.41, 5.74) is 1.54. The zero-order valence-corrected chi connectivity index (χ0v) is 10.6. The van der Waals surface area contributed by atoms with Gasteiger partial charge in [0.25, 0.3) is 0 Å². The van der Waals surface area contributed by atoms with Crippen LogP contribution in [-0.2, 0) is 10.3 Å². The Hall–Kier alpha value is -1.38. The summed E-state index contributed by atoms with van der Waals surface area (Å²) in [5, 5.41) is 0.702. The topological polar surface area (TPSA) is 12.5 Å². The molecule has 1 fully saturated rings. The molecule has 2 aromatic carbocycles. The molecule has 1 aliphatic heterocycles. The standard InChI is InChI=1S/C15H12ClFO/c1-15(10-6-8-11(17)9-7-10)14(18-15)12-4-2-3-5-13(12)16/h2-9,14H,1H3/t14-,15-/m1/s1. The number of rotatable bonds is 2. The summed E-state index contributed by atoms with van der Waals surface area (Å²) in [5.74, 6) is -0.239. The van der Waals surface area contributed by atoms with Gasteiger partial charge < -0.3 is 4.74 Å². The summed E-state index contributed by atoms with van der Waals surface area (Å²) in [7, 11) is 0. The Bertz CT molecular complexity index is 581. The van der Waals surface area contributed by atoms with Crippen LogP contribution in [0.4, 0.5) is 4.39 Å². The molecule has 2 aromatic rings. The van der Waals surface area contributed by atoms with Crippen molar-refractivity contribution in [3.05, 3.63) is 70.5 Å². The van der Waals surface area contributed by atoms with Crippen LogP contribution in [0.1, 0.15) is 24.2 Å². The number of halogens is 2. The molecule has 0 bridgehead atoms. The minimum atomic E-state index is -0.404. The molecule has 0 spiro atoms. The first-order valence-corrected chi connectivity index (χ1v) is 6.17. The minimum absolute atomic E-state index is 0.0586. The second kappa shape index (κ2) is 4.08. The molecule has 92 valence electrons. The van der Waals surface area contributed by atoms with Crippen LogP contribution < -0.4 is 0 Å². The van der Waals surface area contributed by atoms with Gasteiger partial charge in [0.2, 0.25) is 0 Å². The van der Waals surface area contributed by atoms with Crippen molar-refractivity contribution in [1.82, 2.24) is 0 Å². The summed E-state index contributed by atoms with van der Waals surface area (Å²) in [6.07, 6.45) is -0.0586. The van der Waals surface area contributed by atoms with Crippen LogP contribution >= 0.6 is 11.6 Å². The molecule has 3 rings (SSSR count). The third-order valence-corrected chi connectivity index (χ3v) is 3.76. The molecular formula is C15H12ClFO. The predicted octanol–water partition coefficient (Wildman–Crippen LogP) is 4.47. The van der Waals surface area contributed by atoms with Gasteiger partial charge in [-0.3, -0.25) is 0 Å². The van der Waals surface area contributed by atoms with Crippen molar-refractivity contribution in [1.29, 1.82) is 0 Å². The number of hydrogen-bond donors (Lipinski definition) is 0. The lowest BCUT2D eigenvalue weighted by atomic mass is 9.93. The highest BCUT2D eigenvalue weighted by Crippen LogP contribution is 2.57. The van der Waals surface area contributed by atoms with Crippen LogP contribution in [0.2, 0.25) is 5.02 Å². The van der Waals surface area contributed by atoms with Crippen molar-refractivity contribution in [2.75, 3.05) is 0 Å². The normalized spacial score (nSPS) is 26.1. The first-order chi connectivity index (χ1) is 8.61. The zero-order valence-electron chi connectivity index (χ0n) is 9.86. The molecule has 0 radical (unpaired) electrons. The van der Waals surface area contributed by atoms with Crippen molar-refractivity contribution in [2.24, 2.45) is 0 Å². The van der Waals surface area contributed by atoms with E-state index in [-0.39, 0.29) is 11.9 Å². The fraction of sp³-hybridized carbons (Fsp3) is 0.200. The Kier molecular flexibility index (Phi) is 2.65. The molecule has 3 heteroatoms. The second-order valence-electron chi connectivity index (χ2n) is 4.63. The molecule has 18 heavy (non-hydrogen) atoms. The molecular weight excluding hydrogens is 251 g/mol. The minimum Gasteiger partial charge on any atom is -0.356 e. The summed E-state index contributed by atoms with van der Waals surface area (Å²) >= 11 is 6.16. The summed E-state index contributed by atoms with van der Waals surface area (Å²) in [6, 6.07) is 14.1. The first kappa shape index (κ1) is 11.7. The van der Waals surface area contributed by atoms with Crippen molar-refractivity contribution in [3.63, 3.8) is 0 Å². The zero-order chi connectivity index (χ0) is 12.8. The molecule has 2 atom stereocenters. The lowest BCUT2D eigenvalue weighted by molar-refractivity contribution is 0.313. The quantitative estimate of drug-likeness (QED) is 0.728. The Morgan fingerprint density at radius 3 is 2.44 bits per heavy atom. The van der Waals surface area contributed by atoms with E-state index in [4.69, 9.17) is 16.3 Å².